The Bertz CT molecular complexity index is 1040. The third-order valence-corrected chi connectivity index (χ3v) is 4.94. The van der Waals surface area contributed by atoms with Crippen molar-refractivity contribution in [3.8, 4) is 5.88 Å². The number of hydrogen-bond acceptors (Lipinski definition) is 2. The number of carbonyl (C=O) groups excluding carboxylic acids is 1. The van der Waals surface area contributed by atoms with Crippen LogP contribution in [0.5, 0.6) is 5.88 Å². The van der Waals surface area contributed by atoms with Crippen LogP contribution >= 0.6 is 0 Å². The number of aromatic nitrogens is 2. The van der Waals surface area contributed by atoms with Gasteiger partial charge in [0.1, 0.15) is 5.82 Å². The van der Waals surface area contributed by atoms with Crippen molar-refractivity contribution in [2.75, 3.05) is 13.1 Å². The zero-order valence-corrected chi connectivity index (χ0v) is 13.1. The van der Waals surface area contributed by atoms with Crippen molar-refractivity contribution in [3.05, 3.63) is 59.2 Å². The first-order valence-electron chi connectivity index (χ1n) is 8.08. The van der Waals surface area contributed by atoms with Crippen LogP contribution in [0.3, 0.4) is 0 Å². The maximum Gasteiger partial charge on any atom is 0.318 e. The number of hydrogen-bond donors (Lipinski definition) is 4. The van der Waals surface area contributed by atoms with Crippen LogP contribution in [0.2, 0.25) is 0 Å². The minimum absolute atomic E-state index is 0.00739. The molecule has 126 valence electrons. The van der Waals surface area contributed by atoms with Gasteiger partial charge in [-0.1, -0.05) is 0 Å². The van der Waals surface area contributed by atoms with Crippen molar-refractivity contribution < 1.29 is 14.3 Å². The molecule has 1 aliphatic carbocycles. The molecule has 2 aromatic heterocycles. The SMILES string of the molecule is O=C1NCCN1C1C=C(c2ccc[nH]2)c2c(O)[nH]c3ccc(F)c1c23. The van der Waals surface area contributed by atoms with Crippen molar-refractivity contribution in [3.63, 3.8) is 0 Å². The minimum atomic E-state index is -0.535. The second kappa shape index (κ2) is 4.89. The van der Waals surface area contributed by atoms with Gasteiger partial charge in [-0.15, -0.1) is 0 Å². The normalized spacial score (nSPS) is 19.4. The molecular formula is C18H15FN4O2. The molecule has 2 aliphatic rings. The number of benzene rings is 1. The maximum atomic E-state index is 14.8. The highest BCUT2D eigenvalue weighted by Gasteiger charge is 2.36. The Morgan fingerprint density at radius 3 is 2.88 bits per heavy atom. The molecule has 7 heteroatoms. The number of nitrogens with zero attached hydrogens (tertiary/aromatic N) is 1. The van der Waals surface area contributed by atoms with E-state index in [2.05, 4.69) is 15.3 Å². The summed E-state index contributed by atoms with van der Waals surface area (Å²) in [6, 6.07) is 5.96. The molecule has 3 heterocycles. The molecule has 1 saturated heterocycles. The molecule has 6 nitrogen and oxygen atoms in total. The molecule has 1 aliphatic heterocycles. The summed E-state index contributed by atoms with van der Waals surface area (Å²) < 4.78 is 14.8. The van der Waals surface area contributed by atoms with E-state index in [0.717, 1.165) is 11.3 Å². The smallest absolute Gasteiger partial charge is 0.318 e. The standard InChI is InChI=1S/C18H15FN4O2/c19-10-3-4-12-16-14(17(24)22-12)9(11-2-1-5-20-11)8-13(15(10)16)23-7-6-21-18(23)25/h1-5,8,13,20,22,24H,6-7H2,(H,21,25). The van der Waals surface area contributed by atoms with E-state index >= 15 is 0 Å². The Hall–Kier alpha value is -3.22. The predicted molar refractivity (Wildman–Crippen MR) is 90.6 cm³/mol. The van der Waals surface area contributed by atoms with E-state index in [1.165, 1.54) is 6.07 Å². The minimum Gasteiger partial charge on any atom is -0.494 e. The molecule has 25 heavy (non-hydrogen) atoms. The molecule has 1 aromatic carbocycles. The fourth-order valence-corrected chi connectivity index (χ4v) is 3.87. The second-order valence-corrected chi connectivity index (χ2v) is 6.27. The fraction of sp³-hybridized carbons (Fsp3) is 0.167. The number of urea groups is 1. The summed E-state index contributed by atoms with van der Waals surface area (Å²) in [5.74, 6) is -0.397. The Kier molecular flexibility index (Phi) is 2.77. The van der Waals surface area contributed by atoms with Gasteiger partial charge < -0.3 is 25.3 Å². The Labute approximate surface area is 142 Å². The van der Waals surface area contributed by atoms with Crippen LogP contribution in [0.1, 0.15) is 22.9 Å². The molecule has 0 radical (unpaired) electrons. The highest BCUT2D eigenvalue weighted by molar-refractivity contribution is 6.04. The number of aromatic amines is 2. The molecule has 2 amide bonds. The third-order valence-electron chi connectivity index (χ3n) is 4.94. The van der Waals surface area contributed by atoms with Crippen molar-refractivity contribution in [2.45, 2.75) is 6.04 Å². The Morgan fingerprint density at radius 1 is 1.28 bits per heavy atom. The molecule has 4 N–H and O–H groups in total. The molecule has 3 aromatic rings. The highest BCUT2D eigenvalue weighted by Crippen LogP contribution is 2.47. The Morgan fingerprint density at radius 2 is 2.16 bits per heavy atom. The lowest BCUT2D eigenvalue weighted by Gasteiger charge is -2.29. The zero-order valence-electron chi connectivity index (χ0n) is 13.1. The largest absolute Gasteiger partial charge is 0.494 e. The van der Waals surface area contributed by atoms with Gasteiger partial charge in [0.05, 0.1) is 11.6 Å². The van der Waals surface area contributed by atoms with E-state index in [9.17, 15) is 14.3 Å². The van der Waals surface area contributed by atoms with Gasteiger partial charge in [-0.25, -0.2) is 9.18 Å². The van der Waals surface area contributed by atoms with Crippen LogP contribution in [0.15, 0.2) is 36.5 Å². The average molecular weight is 338 g/mol. The number of amides is 2. The van der Waals surface area contributed by atoms with E-state index < -0.39 is 6.04 Å². The van der Waals surface area contributed by atoms with Gasteiger partial charge in [-0.3, -0.25) is 0 Å². The quantitative estimate of drug-likeness (QED) is 0.579. The molecule has 1 atom stereocenters. The van der Waals surface area contributed by atoms with E-state index in [1.807, 2.05) is 18.2 Å². The maximum absolute atomic E-state index is 14.8. The molecule has 5 rings (SSSR count). The van der Waals surface area contributed by atoms with E-state index in [-0.39, 0.29) is 17.7 Å². The van der Waals surface area contributed by atoms with Gasteiger partial charge in [0.2, 0.25) is 0 Å². The molecule has 1 fully saturated rings. The third kappa shape index (κ3) is 1.86. The van der Waals surface area contributed by atoms with Gasteiger partial charge in [0.15, 0.2) is 5.88 Å². The van der Waals surface area contributed by atoms with Crippen LogP contribution in [0, 0.1) is 5.82 Å². The topological polar surface area (TPSA) is 84.2 Å². The summed E-state index contributed by atoms with van der Waals surface area (Å²) in [5.41, 5.74) is 3.16. The first-order valence-corrected chi connectivity index (χ1v) is 8.08. The van der Waals surface area contributed by atoms with Crippen LogP contribution < -0.4 is 5.32 Å². The van der Waals surface area contributed by atoms with Crippen LogP contribution in [0.4, 0.5) is 9.18 Å². The van der Waals surface area contributed by atoms with Crippen LogP contribution in [0.25, 0.3) is 16.5 Å². The van der Waals surface area contributed by atoms with Gasteiger partial charge >= 0.3 is 6.03 Å². The summed E-state index contributed by atoms with van der Waals surface area (Å²) in [4.78, 5) is 19.9. The number of aromatic hydroxyl groups is 1. The van der Waals surface area contributed by atoms with E-state index in [0.29, 0.717) is 35.1 Å². The molecule has 0 saturated carbocycles. The zero-order chi connectivity index (χ0) is 17.1. The van der Waals surface area contributed by atoms with Crippen molar-refractivity contribution in [2.24, 2.45) is 0 Å². The Balaban J connectivity index is 1.84. The molecular weight excluding hydrogens is 323 g/mol. The molecule has 0 spiro atoms. The lowest BCUT2D eigenvalue weighted by atomic mass is 9.86. The van der Waals surface area contributed by atoms with Crippen molar-refractivity contribution in [1.29, 1.82) is 0 Å². The lowest BCUT2D eigenvalue weighted by Crippen LogP contribution is -2.33. The summed E-state index contributed by atoms with van der Waals surface area (Å²) in [5, 5.41) is 13.8. The lowest BCUT2D eigenvalue weighted by molar-refractivity contribution is 0.207. The van der Waals surface area contributed by atoms with Gasteiger partial charge in [-0.05, 0) is 30.3 Å². The summed E-state index contributed by atoms with van der Waals surface area (Å²) in [7, 11) is 0. The van der Waals surface area contributed by atoms with Crippen LogP contribution in [-0.4, -0.2) is 39.1 Å². The van der Waals surface area contributed by atoms with E-state index in [1.54, 1.807) is 17.2 Å². The second-order valence-electron chi connectivity index (χ2n) is 6.27. The summed E-state index contributed by atoms with van der Waals surface area (Å²) in [6.07, 6.45) is 3.63. The monoisotopic (exact) mass is 338 g/mol. The number of rotatable bonds is 2. The van der Waals surface area contributed by atoms with Crippen LogP contribution in [-0.2, 0) is 0 Å². The molecule has 0 bridgehead atoms. The van der Waals surface area contributed by atoms with Crippen molar-refractivity contribution in [1.82, 2.24) is 20.2 Å². The number of H-pyrrole nitrogens is 2. The van der Waals surface area contributed by atoms with Crippen molar-refractivity contribution >= 4 is 22.5 Å². The first kappa shape index (κ1) is 14.2. The number of halogens is 1. The van der Waals surface area contributed by atoms with Gasteiger partial charge in [-0.2, -0.15) is 0 Å². The average Bonchev–Trinajstić information content (AvgIpc) is 3.32. The fourth-order valence-electron chi connectivity index (χ4n) is 3.87. The molecule has 1 unspecified atom stereocenters. The summed E-state index contributed by atoms with van der Waals surface area (Å²) in [6.45, 7) is 1.03. The predicted octanol–water partition coefficient (Wildman–Crippen LogP) is 2.85. The highest BCUT2D eigenvalue weighted by atomic mass is 19.1. The number of nitrogens with one attached hydrogen (secondary N) is 3. The number of carbonyl (C=O) groups is 1. The van der Waals surface area contributed by atoms with E-state index in [4.69, 9.17) is 0 Å². The summed E-state index contributed by atoms with van der Waals surface area (Å²) >= 11 is 0. The first-order chi connectivity index (χ1) is 12.1. The van der Waals surface area contributed by atoms with Gasteiger partial charge in [0.25, 0.3) is 0 Å². The van der Waals surface area contributed by atoms with Gasteiger partial charge in [0, 0.05) is 47.0 Å².